The molecule has 1 unspecified atom stereocenters. The molecule has 1 saturated heterocycles. The van der Waals surface area contributed by atoms with Crippen molar-refractivity contribution >= 4 is 17.6 Å². The number of anilines is 1. The fraction of sp³-hybridized carbons (Fsp3) is 0.444. The van der Waals surface area contributed by atoms with Crippen molar-refractivity contribution in [2.45, 2.75) is 29.9 Å². The first-order valence-corrected chi connectivity index (χ1v) is 9.46. The molecule has 0 radical (unpaired) electrons. The summed E-state index contributed by atoms with van der Waals surface area (Å²) in [4.78, 5) is 12.3. The first kappa shape index (κ1) is 19.0. The van der Waals surface area contributed by atoms with E-state index in [1.54, 1.807) is 24.2 Å². The molecule has 26 heavy (non-hydrogen) atoms. The van der Waals surface area contributed by atoms with E-state index in [1.165, 1.54) is 17.4 Å². The Hall–Kier alpha value is -1.80. The van der Waals surface area contributed by atoms with Crippen LogP contribution in [-0.4, -0.2) is 53.3 Å². The normalized spacial score (nSPS) is 17.3. The van der Waals surface area contributed by atoms with Crippen molar-refractivity contribution in [3.05, 3.63) is 48.3 Å². The number of nitrogens with zero attached hydrogens (tertiary/aromatic N) is 4. The Morgan fingerprint density at radius 2 is 1.77 bits per heavy atom. The predicted octanol–water partition coefficient (Wildman–Crippen LogP) is 3.84. The van der Waals surface area contributed by atoms with Crippen molar-refractivity contribution in [2.24, 2.45) is 0 Å². The van der Waals surface area contributed by atoms with E-state index in [0.29, 0.717) is 26.2 Å². The summed E-state index contributed by atoms with van der Waals surface area (Å²) in [7, 11) is 0. The Morgan fingerprint density at radius 1 is 1.08 bits per heavy atom. The first-order chi connectivity index (χ1) is 12.4. The number of piperazine rings is 1. The van der Waals surface area contributed by atoms with E-state index in [0.717, 1.165) is 16.6 Å². The Bertz CT molecular complexity index is 703. The van der Waals surface area contributed by atoms with Crippen LogP contribution in [0.25, 0.3) is 0 Å². The molecule has 0 aliphatic carbocycles. The summed E-state index contributed by atoms with van der Waals surface area (Å²) in [5.74, 6) is 1.53. The zero-order valence-electron chi connectivity index (χ0n) is 14.5. The van der Waals surface area contributed by atoms with Gasteiger partial charge in [0.1, 0.15) is 16.9 Å². The molecule has 0 bridgehead atoms. The van der Waals surface area contributed by atoms with Gasteiger partial charge >= 0.3 is 6.18 Å². The van der Waals surface area contributed by atoms with Crippen molar-refractivity contribution in [3.63, 3.8) is 0 Å². The van der Waals surface area contributed by atoms with Crippen molar-refractivity contribution < 1.29 is 13.2 Å². The quantitative estimate of drug-likeness (QED) is 0.734. The Kier molecular flexibility index (Phi) is 6.03. The van der Waals surface area contributed by atoms with Gasteiger partial charge in [0.2, 0.25) is 0 Å². The molecule has 3 rings (SSSR count). The number of alkyl halides is 3. The fourth-order valence-electron chi connectivity index (χ4n) is 2.84. The van der Waals surface area contributed by atoms with E-state index >= 15 is 0 Å². The van der Waals surface area contributed by atoms with Crippen LogP contribution in [0.3, 0.4) is 0 Å². The standard InChI is InChI=1S/C18H21F3N4S/c1-14(18(19,20)21)24-7-9-25(10-8-24)16-11-22-12-17(23-16)26-13-15-5-3-2-4-6-15/h2-6,11-12,14H,7-10,13H2,1H3. The molecule has 8 heteroatoms. The van der Waals surface area contributed by atoms with Gasteiger partial charge in [-0.2, -0.15) is 13.2 Å². The van der Waals surface area contributed by atoms with Gasteiger partial charge in [-0.05, 0) is 12.5 Å². The predicted molar refractivity (Wildman–Crippen MR) is 97.3 cm³/mol. The Labute approximate surface area is 155 Å². The second-order valence-electron chi connectivity index (χ2n) is 6.23. The van der Waals surface area contributed by atoms with Crippen LogP contribution in [0.5, 0.6) is 0 Å². The maximum atomic E-state index is 12.9. The summed E-state index contributed by atoms with van der Waals surface area (Å²) in [5, 5.41) is 0.817. The first-order valence-electron chi connectivity index (χ1n) is 8.48. The molecule has 0 spiro atoms. The SMILES string of the molecule is CC(N1CCN(c2cncc(SCc3ccccc3)n2)CC1)C(F)(F)F. The van der Waals surface area contributed by atoms with Crippen LogP contribution in [0.1, 0.15) is 12.5 Å². The molecular weight excluding hydrogens is 361 g/mol. The third kappa shape index (κ3) is 4.88. The van der Waals surface area contributed by atoms with E-state index in [9.17, 15) is 13.2 Å². The largest absolute Gasteiger partial charge is 0.403 e. The lowest BCUT2D eigenvalue weighted by molar-refractivity contribution is -0.179. The fourth-order valence-corrected chi connectivity index (χ4v) is 3.64. The zero-order valence-corrected chi connectivity index (χ0v) is 15.3. The third-order valence-electron chi connectivity index (χ3n) is 4.49. The summed E-state index contributed by atoms with van der Waals surface area (Å²) < 4.78 is 38.6. The van der Waals surface area contributed by atoms with Gasteiger partial charge in [-0.3, -0.25) is 9.88 Å². The number of benzene rings is 1. The molecule has 1 atom stereocenters. The van der Waals surface area contributed by atoms with Crippen molar-refractivity contribution in [2.75, 3.05) is 31.1 Å². The van der Waals surface area contributed by atoms with Gasteiger partial charge in [0, 0.05) is 31.9 Å². The minimum atomic E-state index is -4.18. The number of rotatable bonds is 5. The van der Waals surface area contributed by atoms with Gasteiger partial charge in [0.15, 0.2) is 0 Å². The van der Waals surface area contributed by atoms with Gasteiger partial charge in [-0.1, -0.05) is 30.3 Å². The lowest BCUT2D eigenvalue weighted by atomic mass is 10.2. The van der Waals surface area contributed by atoms with E-state index in [-0.39, 0.29) is 0 Å². The summed E-state index contributed by atoms with van der Waals surface area (Å²) in [6.45, 7) is 2.98. The monoisotopic (exact) mass is 382 g/mol. The molecule has 0 saturated carbocycles. The highest BCUT2D eigenvalue weighted by molar-refractivity contribution is 7.98. The minimum absolute atomic E-state index is 0.365. The molecule has 1 fully saturated rings. The number of hydrogen-bond acceptors (Lipinski definition) is 5. The van der Waals surface area contributed by atoms with Crippen LogP contribution in [-0.2, 0) is 5.75 Å². The summed E-state index contributed by atoms with van der Waals surface area (Å²) in [5.41, 5.74) is 1.21. The number of halogens is 3. The van der Waals surface area contributed by atoms with Crippen LogP contribution >= 0.6 is 11.8 Å². The molecule has 140 valence electrons. The van der Waals surface area contributed by atoms with Crippen molar-refractivity contribution in [1.29, 1.82) is 0 Å². The molecule has 2 aromatic rings. The molecule has 4 nitrogen and oxygen atoms in total. The zero-order chi connectivity index (χ0) is 18.6. The van der Waals surface area contributed by atoms with Gasteiger partial charge in [-0.25, -0.2) is 4.98 Å². The smallest absolute Gasteiger partial charge is 0.353 e. The van der Waals surface area contributed by atoms with Crippen molar-refractivity contribution in [1.82, 2.24) is 14.9 Å². The number of hydrogen-bond donors (Lipinski definition) is 0. The molecule has 2 heterocycles. The average Bonchev–Trinajstić information content (AvgIpc) is 2.66. The van der Waals surface area contributed by atoms with E-state index < -0.39 is 12.2 Å². The highest BCUT2D eigenvalue weighted by Crippen LogP contribution is 2.27. The second-order valence-corrected chi connectivity index (χ2v) is 7.23. The van der Waals surface area contributed by atoms with Crippen LogP contribution in [0.15, 0.2) is 47.8 Å². The summed E-state index contributed by atoms with van der Waals surface area (Å²) >= 11 is 1.60. The highest BCUT2D eigenvalue weighted by Gasteiger charge is 2.40. The summed E-state index contributed by atoms with van der Waals surface area (Å²) in [6, 6.07) is 8.69. The van der Waals surface area contributed by atoms with Crippen molar-refractivity contribution in [3.8, 4) is 0 Å². The van der Waals surface area contributed by atoms with Crippen LogP contribution < -0.4 is 4.90 Å². The highest BCUT2D eigenvalue weighted by atomic mass is 32.2. The van der Waals surface area contributed by atoms with Gasteiger partial charge in [0.05, 0.1) is 12.4 Å². The second kappa shape index (κ2) is 8.26. The lowest BCUT2D eigenvalue weighted by Crippen LogP contribution is -2.53. The van der Waals surface area contributed by atoms with E-state index in [4.69, 9.17) is 0 Å². The third-order valence-corrected chi connectivity index (χ3v) is 5.46. The van der Waals surface area contributed by atoms with Crippen LogP contribution in [0.4, 0.5) is 19.0 Å². The topological polar surface area (TPSA) is 32.3 Å². The molecule has 0 N–H and O–H groups in total. The van der Waals surface area contributed by atoms with Gasteiger partial charge in [-0.15, -0.1) is 11.8 Å². The number of thioether (sulfide) groups is 1. The molecule has 1 aromatic carbocycles. The lowest BCUT2D eigenvalue weighted by Gasteiger charge is -2.38. The number of aromatic nitrogens is 2. The van der Waals surface area contributed by atoms with Crippen LogP contribution in [0.2, 0.25) is 0 Å². The van der Waals surface area contributed by atoms with Gasteiger partial charge in [0.25, 0.3) is 0 Å². The molecule has 0 amide bonds. The van der Waals surface area contributed by atoms with Gasteiger partial charge < -0.3 is 4.90 Å². The Balaban J connectivity index is 1.57. The Morgan fingerprint density at radius 3 is 2.42 bits per heavy atom. The maximum Gasteiger partial charge on any atom is 0.403 e. The molecule has 1 aliphatic heterocycles. The average molecular weight is 382 g/mol. The summed E-state index contributed by atoms with van der Waals surface area (Å²) in [6.07, 6.45) is -0.787. The maximum absolute atomic E-state index is 12.9. The van der Waals surface area contributed by atoms with E-state index in [1.807, 2.05) is 23.1 Å². The molecule has 1 aromatic heterocycles. The van der Waals surface area contributed by atoms with E-state index in [2.05, 4.69) is 22.1 Å². The minimum Gasteiger partial charge on any atom is -0.353 e. The molecular formula is C18H21F3N4S. The van der Waals surface area contributed by atoms with Crippen LogP contribution in [0, 0.1) is 0 Å². The molecule has 1 aliphatic rings.